The Morgan fingerprint density at radius 2 is 1.74 bits per heavy atom. The Labute approximate surface area is 224 Å². The number of amides is 1. The van der Waals surface area contributed by atoms with Gasteiger partial charge in [0.25, 0.3) is 16.0 Å². The number of fused-ring (bicyclic) bond motifs is 1. The largest absolute Gasteiger partial charge is 0.505 e. The first-order chi connectivity index (χ1) is 18.1. The lowest BCUT2D eigenvalue weighted by atomic mass is 10.0. The van der Waals surface area contributed by atoms with Crippen molar-refractivity contribution in [3.05, 3.63) is 82.9 Å². The summed E-state index contributed by atoms with van der Waals surface area (Å²) in [5, 5.41) is 23.4. The molecular formula is C27H24ClN3O6S. The van der Waals surface area contributed by atoms with E-state index in [2.05, 4.69) is 15.5 Å². The summed E-state index contributed by atoms with van der Waals surface area (Å²) in [6.07, 6.45) is 0.298. The van der Waals surface area contributed by atoms with E-state index in [4.69, 9.17) is 16.3 Å². The van der Waals surface area contributed by atoms with Gasteiger partial charge in [0.15, 0.2) is 5.75 Å². The number of benzene rings is 4. The van der Waals surface area contributed by atoms with E-state index < -0.39 is 26.7 Å². The molecule has 4 rings (SSSR count). The number of phenols is 1. The van der Waals surface area contributed by atoms with Crippen LogP contribution in [0.2, 0.25) is 5.02 Å². The first-order valence-corrected chi connectivity index (χ1v) is 13.4. The second-order valence-corrected chi connectivity index (χ2v) is 9.96. The van der Waals surface area contributed by atoms with Gasteiger partial charge in [0.1, 0.15) is 22.0 Å². The minimum absolute atomic E-state index is 0.0559. The number of rotatable bonds is 8. The van der Waals surface area contributed by atoms with Crippen LogP contribution in [-0.4, -0.2) is 30.6 Å². The Morgan fingerprint density at radius 1 is 1.00 bits per heavy atom. The van der Waals surface area contributed by atoms with Crippen LogP contribution in [0.25, 0.3) is 10.8 Å². The van der Waals surface area contributed by atoms with E-state index >= 15 is 0 Å². The number of carbonyl (C=O) groups excluding carboxylic acids is 1. The molecule has 0 aliphatic carbocycles. The molecule has 9 nitrogen and oxygen atoms in total. The average molecular weight is 554 g/mol. The number of anilines is 1. The van der Waals surface area contributed by atoms with Crippen LogP contribution >= 0.6 is 11.6 Å². The molecule has 38 heavy (non-hydrogen) atoms. The number of ether oxygens (including phenoxy) is 1. The molecule has 0 fully saturated rings. The topological polar surface area (TPSA) is 138 Å². The number of nitrogens with one attached hydrogen (secondary N) is 1. The number of phenolic OH excluding ortho intramolecular Hbond substituents is 1. The van der Waals surface area contributed by atoms with Crippen molar-refractivity contribution in [1.82, 2.24) is 0 Å². The summed E-state index contributed by atoms with van der Waals surface area (Å²) < 4.78 is 39.2. The zero-order chi connectivity index (χ0) is 27.4. The Hall–Kier alpha value is -3.99. The Balaban J connectivity index is 1.84. The lowest BCUT2D eigenvalue weighted by molar-refractivity contribution is 0.102. The fourth-order valence-electron chi connectivity index (χ4n) is 3.96. The van der Waals surface area contributed by atoms with E-state index in [1.807, 2.05) is 6.92 Å². The van der Waals surface area contributed by atoms with Gasteiger partial charge in [0.05, 0.1) is 12.2 Å². The van der Waals surface area contributed by atoms with Crippen LogP contribution in [0.3, 0.4) is 0 Å². The van der Waals surface area contributed by atoms with E-state index in [-0.39, 0.29) is 22.0 Å². The molecule has 0 unspecified atom stereocenters. The van der Waals surface area contributed by atoms with Crippen molar-refractivity contribution in [2.45, 2.75) is 25.2 Å². The molecule has 0 spiro atoms. The van der Waals surface area contributed by atoms with Crippen molar-refractivity contribution in [2.75, 3.05) is 11.9 Å². The number of nitrogens with zero attached hydrogens (tertiary/aromatic N) is 2. The predicted octanol–water partition coefficient (Wildman–Crippen LogP) is 7.07. The van der Waals surface area contributed by atoms with Gasteiger partial charge in [-0.2, -0.15) is 8.42 Å². The lowest BCUT2D eigenvalue weighted by Gasteiger charge is -2.13. The first kappa shape index (κ1) is 27.1. The quantitative estimate of drug-likeness (QED) is 0.157. The molecule has 3 N–H and O–H groups in total. The highest BCUT2D eigenvalue weighted by Gasteiger charge is 2.22. The molecular weight excluding hydrogens is 530 g/mol. The van der Waals surface area contributed by atoms with E-state index in [1.165, 1.54) is 12.1 Å². The smallest absolute Gasteiger partial charge is 0.296 e. The second-order valence-electron chi connectivity index (χ2n) is 8.16. The molecule has 0 atom stereocenters. The van der Waals surface area contributed by atoms with Gasteiger partial charge in [0, 0.05) is 22.2 Å². The maximum Gasteiger partial charge on any atom is 0.296 e. The minimum atomic E-state index is -4.65. The molecule has 196 valence electrons. The van der Waals surface area contributed by atoms with Crippen LogP contribution in [0.5, 0.6) is 11.5 Å². The molecule has 4 aromatic rings. The molecule has 0 aromatic heterocycles. The molecule has 1 amide bonds. The van der Waals surface area contributed by atoms with Gasteiger partial charge >= 0.3 is 0 Å². The van der Waals surface area contributed by atoms with Crippen LogP contribution < -0.4 is 10.1 Å². The van der Waals surface area contributed by atoms with E-state index in [0.29, 0.717) is 40.8 Å². The van der Waals surface area contributed by atoms with Crippen molar-refractivity contribution in [2.24, 2.45) is 10.2 Å². The third kappa shape index (κ3) is 5.62. The van der Waals surface area contributed by atoms with E-state index in [0.717, 1.165) is 6.07 Å². The third-order valence-corrected chi connectivity index (χ3v) is 6.95. The molecule has 0 aliphatic rings. The number of hydrogen-bond acceptors (Lipinski definition) is 7. The highest BCUT2D eigenvalue weighted by atomic mass is 35.5. The monoisotopic (exact) mass is 553 g/mol. The van der Waals surface area contributed by atoms with Crippen molar-refractivity contribution in [1.29, 1.82) is 0 Å². The van der Waals surface area contributed by atoms with Crippen molar-refractivity contribution < 1.29 is 27.6 Å². The summed E-state index contributed by atoms with van der Waals surface area (Å²) in [5.74, 6) is -0.487. The molecule has 0 saturated carbocycles. The fourth-order valence-corrected chi connectivity index (χ4v) is 4.90. The predicted molar refractivity (Wildman–Crippen MR) is 146 cm³/mol. The molecule has 0 saturated heterocycles. The van der Waals surface area contributed by atoms with Crippen LogP contribution in [0, 0.1) is 0 Å². The summed E-state index contributed by atoms with van der Waals surface area (Å²) in [4.78, 5) is 12.7. The third-order valence-electron chi connectivity index (χ3n) is 5.71. The maximum absolute atomic E-state index is 13.2. The molecule has 0 bridgehead atoms. The molecule has 0 aliphatic heterocycles. The van der Waals surface area contributed by atoms with Crippen LogP contribution in [0.1, 0.15) is 29.8 Å². The molecule has 0 radical (unpaired) electrons. The highest BCUT2D eigenvalue weighted by Crippen LogP contribution is 2.41. The Kier molecular flexibility index (Phi) is 7.96. The summed E-state index contributed by atoms with van der Waals surface area (Å²) in [6.45, 7) is 4.05. The fraction of sp³-hybridized carbons (Fsp3) is 0.148. The number of carbonyl (C=O) groups is 1. The average Bonchev–Trinajstić information content (AvgIpc) is 2.87. The number of azo groups is 1. The van der Waals surface area contributed by atoms with E-state index in [1.54, 1.807) is 55.5 Å². The first-order valence-electron chi connectivity index (χ1n) is 11.6. The number of hydrogen-bond donors (Lipinski definition) is 3. The minimum Gasteiger partial charge on any atom is -0.505 e. The molecule has 4 aromatic carbocycles. The normalized spacial score (nSPS) is 11.7. The Bertz CT molecular complexity index is 1670. The standard InChI is InChI=1S/C27H24ClN3O6S/c1-3-19-22(28)12-13-23(38(34,35)36)24(19)30-31-25-20-11-6-5-8-16(20)14-21(26(25)32)27(33)29-17-9-7-10-18(15-17)37-4-2/h5-15,32H,3-4H2,1-2H3,(H,29,33)(H,34,35,36). The van der Waals surface area contributed by atoms with Gasteiger partial charge in [-0.05, 0) is 54.6 Å². The second kappa shape index (κ2) is 11.2. The number of halogens is 1. The van der Waals surface area contributed by atoms with Crippen molar-refractivity contribution >= 4 is 55.5 Å². The Morgan fingerprint density at radius 3 is 2.45 bits per heavy atom. The summed E-state index contributed by atoms with van der Waals surface area (Å²) >= 11 is 6.24. The number of aromatic hydroxyl groups is 1. The summed E-state index contributed by atoms with van der Waals surface area (Å²) in [7, 11) is -4.65. The van der Waals surface area contributed by atoms with Crippen LogP contribution in [-0.2, 0) is 16.5 Å². The zero-order valence-corrected chi connectivity index (χ0v) is 22.0. The molecule has 11 heteroatoms. The van der Waals surface area contributed by atoms with Crippen molar-refractivity contribution in [3.8, 4) is 11.5 Å². The van der Waals surface area contributed by atoms with Crippen LogP contribution in [0.4, 0.5) is 17.1 Å². The van der Waals surface area contributed by atoms with Gasteiger partial charge in [0.2, 0.25) is 0 Å². The molecule has 0 heterocycles. The summed E-state index contributed by atoms with van der Waals surface area (Å²) in [6, 6.07) is 17.7. The zero-order valence-electron chi connectivity index (χ0n) is 20.5. The summed E-state index contributed by atoms with van der Waals surface area (Å²) in [5.41, 5.74) is 0.517. The van der Waals surface area contributed by atoms with Crippen molar-refractivity contribution in [3.63, 3.8) is 0 Å². The highest BCUT2D eigenvalue weighted by molar-refractivity contribution is 7.86. The van der Waals surface area contributed by atoms with Gasteiger partial charge in [-0.25, -0.2) is 0 Å². The maximum atomic E-state index is 13.2. The van der Waals surface area contributed by atoms with Crippen LogP contribution in [0.15, 0.2) is 81.9 Å². The SMILES string of the molecule is CCOc1cccc(NC(=O)c2cc3ccccc3c(N=Nc3c(S(=O)(=O)O)ccc(Cl)c3CC)c2O)c1. The van der Waals surface area contributed by atoms with Gasteiger partial charge in [-0.1, -0.05) is 48.9 Å². The lowest BCUT2D eigenvalue weighted by Crippen LogP contribution is -2.12. The van der Waals surface area contributed by atoms with E-state index in [9.17, 15) is 22.9 Å². The van der Waals surface area contributed by atoms with Gasteiger partial charge < -0.3 is 15.2 Å². The van der Waals surface area contributed by atoms with Gasteiger partial charge in [-0.3, -0.25) is 9.35 Å². The van der Waals surface area contributed by atoms with Gasteiger partial charge in [-0.15, -0.1) is 10.2 Å².